The second-order valence-electron chi connectivity index (χ2n) is 5.36. The number of halogens is 1. The van der Waals surface area contributed by atoms with Gasteiger partial charge in [-0.3, -0.25) is 4.79 Å². The largest absolute Gasteiger partial charge is 0.349 e. The smallest absolute Gasteiger partial charge is 0.223 e. The summed E-state index contributed by atoms with van der Waals surface area (Å²) in [5, 5.41) is 3.98. The van der Waals surface area contributed by atoms with E-state index in [4.69, 9.17) is 11.6 Å². The Labute approximate surface area is 123 Å². The summed E-state index contributed by atoms with van der Waals surface area (Å²) in [5.41, 5.74) is 1.19. The van der Waals surface area contributed by atoms with Crippen molar-refractivity contribution < 1.29 is 4.79 Å². The van der Waals surface area contributed by atoms with Crippen molar-refractivity contribution in [3.63, 3.8) is 0 Å². The number of fused-ring (bicyclic) bond motifs is 1. The van der Waals surface area contributed by atoms with E-state index < -0.39 is 0 Å². The standard InChI is InChI=1S/C15H18ClNOS/c16-11-5-6-14-12(9-11)13(7-8-19-14)17-15(18)10-3-1-2-4-10/h5-6,9-10,13H,1-4,7-8H2,(H,17,18)/t13-/m1/s1. The summed E-state index contributed by atoms with van der Waals surface area (Å²) in [4.78, 5) is 13.5. The van der Waals surface area contributed by atoms with E-state index in [9.17, 15) is 4.79 Å². The molecule has 0 saturated heterocycles. The van der Waals surface area contributed by atoms with Crippen molar-refractivity contribution in [3.05, 3.63) is 28.8 Å². The Morgan fingerprint density at radius 2 is 2.05 bits per heavy atom. The maximum absolute atomic E-state index is 12.3. The van der Waals surface area contributed by atoms with Crippen molar-refractivity contribution in [2.75, 3.05) is 5.75 Å². The first-order valence-electron chi connectivity index (χ1n) is 6.96. The van der Waals surface area contributed by atoms with E-state index >= 15 is 0 Å². The fourth-order valence-corrected chi connectivity index (χ4v) is 4.28. The highest BCUT2D eigenvalue weighted by molar-refractivity contribution is 7.99. The highest BCUT2D eigenvalue weighted by Gasteiger charge is 2.27. The third-order valence-electron chi connectivity index (χ3n) is 4.05. The molecule has 4 heteroatoms. The van der Waals surface area contributed by atoms with Crippen LogP contribution in [0, 0.1) is 5.92 Å². The molecule has 0 spiro atoms. The molecule has 19 heavy (non-hydrogen) atoms. The predicted molar refractivity (Wildman–Crippen MR) is 79.6 cm³/mol. The fourth-order valence-electron chi connectivity index (χ4n) is 2.99. The van der Waals surface area contributed by atoms with Gasteiger partial charge in [-0.25, -0.2) is 0 Å². The lowest BCUT2D eigenvalue weighted by Gasteiger charge is -2.27. The van der Waals surface area contributed by atoms with E-state index in [2.05, 4.69) is 11.4 Å². The molecule has 1 aliphatic carbocycles. The Balaban J connectivity index is 1.75. The molecule has 1 saturated carbocycles. The Hall–Kier alpha value is -0.670. The molecule has 0 unspecified atom stereocenters. The first kappa shape index (κ1) is 13.3. The lowest BCUT2D eigenvalue weighted by atomic mass is 10.0. The molecular weight excluding hydrogens is 278 g/mol. The molecule has 1 atom stereocenters. The molecule has 0 aromatic heterocycles. The van der Waals surface area contributed by atoms with E-state index in [1.54, 1.807) is 0 Å². The van der Waals surface area contributed by atoms with Crippen molar-refractivity contribution in [3.8, 4) is 0 Å². The fraction of sp³-hybridized carbons (Fsp3) is 0.533. The van der Waals surface area contributed by atoms with Gasteiger partial charge in [-0.1, -0.05) is 24.4 Å². The van der Waals surface area contributed by atoms with Gasteiger partial charge in [-0.05, 0) is 43.0 Å². The topological polar surface area (TPSA) is 29.1 Å². The molecule has 0 radical (unpaired) electrons. The molecule has 1 amide bonds. The molecule has 2 nitrogen and oxygen atoms in total. The molecule has 3 rings (SSSR count). The SMILES string of the molecule is O=C(N[C@@H]1CCSc2ccc(Cl)cc21)C1CCCC1. The van der Waals surface area contributed by atoms with Gasteiger partial charge in [0, 0.05) is 21.6 Å². The molecule has 1 aromatic rings. The summed E-state index contributed by atoms with van der Waals surface area (Å²) in [6.07, 6.45) is 5.49. The zero-order chi connectivity index (χ0) is 13.2. The summed E-state index contributed by atoms with van der Waals surface area (Å²) in [7, 11) is 0. The van der Waals surface area contributed by atoms with Gasteiger partial charge >= 0.3 is 0 Å². The number of carbonyl (C=O) groups excluding carboxylic acids is 1. The molecule has 1 N–H and O–H groups in total. The van der Waals surface area contributed by atoms with E-state index in [0.29, 0.717) is 0 Å². The van der Waals surface area contributed by atoms with Crippen molar-refractivity contribution in [1.29, 1.82) is 0 Å². The van der Waals surface area contributed by atoms with Gasteiger partial charge in [0.15, 0.2) is 0 Å². The van der Waals surface area contributed by atoms with Crippen LogP contribution in [0.2, 0.25) is 5.02 Å². The average Bonchev–Trinajstić information content (AvgIpc) is 2.93. The predicted octanol–water partition coefficient (Wildman–Crippen LogP) is 4.18. The summed E-state index contributed by atoms with van der Waals surface area (Å²) in [6, 6.07) is 6.14. The molecule has 1 heterocycles. The Kier molecular flexibility index (Phi) is 4.04. The average molecular weight is 296 g/mol. The quantitative estimate of drug-likeness (QED) is 0.886. The van der Waals surface area contributed by atoms with Crippen LogP contribution in [0.3, 0.4) is 0 Å². The minimum absolute atomic E-state index is 0.142. The van der Waals surface area contributed by atoms with E-state index in [1.807, 2.05) is 23.9 Å². The Bertz CT molecular complexity index is 485. The lowest BCUT2D eigenvalue weighted by Crippen LogP contribution is -2.34. The van der Waals surface area contributed by atoms with Crippen LogP contribution in [-0.4, -0.2) is 11.7 Å². The van der Waals surface area contributed by atoms with Crippen molar-refractivity contribution in [1.82, 2.24) is 5.32 Å². The number of benzene rings is 1. The number of carbonyl (C=O) groups is 1. The highest BCUT2D eigenvalue weighted by Crippen LogP contribution is 2.38. The van der Waals surface area contributed by atoms with Crippen LogP contribution >= 0.6 is 23.4 Å². The third kappa shape index (κ3) is 2.92. The van der Waals surface area contributed by atoms with Gasteiger partial charge < -0.3 is 5.32 Å². The number of nitrogens with one attached hydrogen (secondary N) is 1. The monoisotopic (exact) mass is 295 g/mol. The van der Waals surface area contributed by atoms with Gasteiger partial charge in [0.1, 0.15) is 0 Å². The summed E-state index contributed by atoms with van der Waals surface area (Å²) < 4.78 is 0. The molecular formula is C15H18ClNOS. The zero-order valence-corrected chi connectivity index (χ0v) is 12.4. The van der Waals surface area contributed by atoms with E-state index in [-0.39, 0.29) is 17.9 Å². The third-order valence-corrected chi connectivity index (χ3v) is 5.41. The maximum atomic E-state index is 12.3. The normalized spacial score (nSPS) is 23.1. The number of hydrogen-bond donors (Lipinski definition) is 1. The van der Waals surface area contributed by atoms with E-state index in [1.165, 1.54) is 23.3 Å². The van der Waals surface area contributed by atoms with E-state index in [0.717, 1.165) is 30.0 Å². The summed E-state index contributed by atoms with van der Waals surface area (Å²) in [6.45, 7) is 0. The molecule has 102 valence electrons. The van der Waals surface area contributed by atoms with Gasteiger partial charge in [0.05, 0.1) is 6.04 Å². The first-order chi connectivity index (χ1) is 9.24. The van der Waals surface area contributed by atoms with Gasteiger partial charge in [-0.2, -0.15) is 0 Å². The van der Waals surface area contributed by atoms with Crippen LogP contribution in [0.4, 0.5) is 0 Å². The van der Waals surface area contributed by atoms with Crippen molar-refractivity contribution in [2.45, 2.75) is 43.0 Å². The minimum atomic E-state index is 0.142. The van der Waals surface area contributed by atoms with Crippen LogP contribution in [0.25, 0.3) is 0 Å². The van der Waals surface area contributed by atoms with Crippen LogP contribution in [0.5, 0.6) is 0 Å². The number of rotatable bonds is 2. The number of amides is 1. The van der Waals surface area contributed by atoms with Crippen molar-refractivity contribution in [2.24, 2.45) is 5.92 Å². The van der Waals surface area contributed by atoms with Gasteiger partial charge in [0.2, 0.25) is 5.91 Å². The Morgan fingerprint density at radius 1 is 1.26 bits per heavy atom. The lowest BCUT2D eigenvalue weighted by molar-refractivity contribution is -0.125. The second kappa shape index (κ2) is 5.76. The molecule has 1 aromatic carbocycles. The summed E-state index contributed by atoms with van der Waals surface area (Å²) >= 11 is 7.93. The number of hydrogen-bond acceptors (Lipinski definition) is 2. The van der Waals surface area contributed by atoms with Crippen LogP contribution < -0.4 is 5.32 Å². The molecule has 0 bridgehead atoms. The van der Waals surface area contributed by atoms with Crippen molar-refractivity contribution >= 4 is 29.3 Å². The molecule has 1 aliphatic heterocycles. The van der Waals surface area contributed by atoms with Crippen LogP contribution in [-0.2, 0) is 4.79 Å². The summed E-state index contributed by atoms with van der Waals surface area (Å²) in [5.74, 6) is 1.53. The molecule has 1 fully saturated rings. The van der Waals surface area contributed by atoms with Gasteiger partial charge in [0.25, 0.3) is 0 Å². The Morgan fingerprint density at radius 3 is 2.84 bits per heavy atom. The van der Waals surface area contributed by atoms with Gasteiger partial charge in [-0.15, -0.1) is 11.8 Å². The maximum Gasteiger partial charge on any atom is 0.223 e. The first-order valence-corrected chi connectivity index (χ1v) is 8.33. The number of thioether (sulfide) groups is 1. The van der Waals surface area contributed by atoms with Crippen LogP contribution in [0.15, 0.2) is 23.1 Å². The highest BCUT2D eigenvalue weighted by atomic mass is 35.5. The second-order valence-corrected chi connectivity index (χ2v) is 6.94. The zero-order valence-electron chi connectivity index (χ0n) is 10.8. The minimum Gasteiger partial charge on any atom is -0.349 e. The molecule has 2 aliphatic rings. The van der Waals surface area contributed by atoms with Crippen LogP contribution in [0.1, 0.15) is 43.7 Å².